The van der Waals surface area contributed by atoms with Crippen LogP contribution in [0, 0.1) is 5.92 Å². The molecule has 0 aromatic carbocycles. The average Bonchev–Trinajstić information content (AvgIpc) is 2.48. The van der Waals surface area contributed by atoms with E-state index in [1.54, 1.807) is 0 Å². The molecule has 2 N–H and O–H groups in total. The molecule has 4 heteroatoms. The third kappa shape index (κ3) is 2.81. The van der Waals surface area contributed by atoms with Gasteiger partial charge in [0.05, 0.1) is 5.60 Å². The summed E-state index contributed by atoms with van der Waals surface area (Å²) in [5.74, 6) is 0.495. The van der Waals surface area contributed by atoms with Crippen molar-refractivity contribution in [2.45, 2.75) is 37.3 Å². The molecule has 104 valence electrons. The van der Waals surface area contributed by atoms with E-state index in [0.717, 1.165) is 45.5 Å². The van der Waals surface area contributed by atoms with Gasteiger partial charge in [0, 0.05) is 38.3 Å². The van der Waals surface area contributed by atoms with E-state index in [2.05, 4.69) is 4.98 Å². The van der Waals surface area contributed by atoms with Gasteiger partial charge in [-0.3, -0.25) is 4.98 Å². The monoisotopic (exact) mass is 262 g/mol. The number of hydrogen-bond acceptors (Lipinski definition) is 4. The van der Waals surface area contributed by atoms with E-state index >= 15 is 0 Å². The Balaban J connectivity index is 1.71. The molecule has 1 spiro atoms. The first-order valence-electron chi connectivity index (χ1n) is 7.16. The molecular weight excluding hydrogens is 240 g/mol. The standard InChI is InChI=1S/C15H22N2O2/c16-14(12-1-6-17-7-2-12)13-3-8-19-15(11-13)4-9-18-10-5-15/h1-2,6-7,13-14H,3-5,8-11,16H2. The van der Waals surface area contributed by atoms with Gasteiger partial charge in [-0.15, -0.1) is 0 Å². The van der Waals surface area contributed by atoms with E-state index < -0.39 is 0 Å². The summed E-state index contributed by atoms with van der Waals surface area (Å²) < 4.78 is 11.5. The zero-order chi connectivity index (χ0) is 13.1. The number of ether oxygens (including phenoxy) is 2. The minimum Gasteiger partial charge on any atom is -0.381 e. The van der Waals surface area contributed by atoms with Crippen LogP contribution in [0.3, 0.4) is 0 Å². The average molecular weight is 262 g/mol. The largest absolute Gasteiger partial charge is 0.381 e. The molecule has 1 aromatic heterocycles. The predicted octanol–water partition coefficient (Wildman–Crippen LogP) is 2.06. The molecule has 0 radical (unpaired) electrons. The highest BCUT2D eigenvalue weighted by Gasteiger charge is 2.40. The number of nitrogens with two attached hydrogens (primary N) is 1. The molecule has 1 aromatic rings. The van der Waals surface area contributed by atoms with Crippen molar-refractivity contribution in [3.63, 3.8) is 0 Å². The highest BCUT2D eigenvalue weighted by molar-refractivity contribution is 5.16. The molecular formula is C15H22N2O2. The van der Waals surface area contributed by atoms with Crippen molar-refractivity contribution in [2.24, 2.45) is 11.7 Å². The Morgan fingerprint density at radius 1 is 1.21 bits per heavy atom. The van der Waals surface area contributed by atoms with Crippen molar-refractivity contribution in [1.29, 1.82) is 0 Å². The lowest BCUT2D eigenvalue weighted by molar-refractivity contribution is -0.149. The normalized spacial score (nSPS) is 28.2. The summed E-state index contributed by atoms with van der Waals surface area (Å²) in [7, 11) is 0. The van der Waals surface area contributed by atoms with Gasteiger partial charge in [-0.05, 0) is 49.3 Å². The zero-order valence-electron chi connectivity index (χ0n) is 11.3. The number of pyridine rings is 1. The summed E-state index contributed by atoms with van der Waals surface area (Å²) >= 11 is 0. The number of hydrogen-bond donors (Lipinski definition) is 1. The van der Waals surface area contributed by atoms with E-state index in [1.165, 1.54) is 5.56 Å². The van der Waals surface area contributed by atoms with Gasteiger partial charge in [0.25, 0.3) is 0 Å². The molecule has 19 heavy (non-hydrogen) atoms. The Bertz CT molecular complexity index is 398. The molecule has 2 aliphatic rings. The summed E-state index contributed by atoms with van der Waals surface area (Å²) in [6, 6.07) is 4.14. The molecule has 2 fully saturated rings. The first-order valence-corrected chi connectivity index (χ1v) is 7.16. The van der Waals surface area contributed by atoms with Crippen LogP contribution < -0.4 is 5.73 Å². The second-order valence-corrected chi connectivity index (χ2v) is 5.70. The molecule has 0 aliphatic carbocycles. The molecule has 2 aliphatic heterocycles. The summed E-state index contributed by atoms with van der Waals surface area (Å²) in [5.41, 5.74) is 7.65. The first kappa shape index (κ1) is 13.0. The van der Waals surface area contributed by atoms with Crippen molar-refractivity contribution in [3.05, 3.63) is 30.1 Å². The molecule has 2 atom stereocenters. The maximum Gasteiger partial charge on any atom is 0.0729 e. The maximum absolute atomic E-state index is 6.45. The van der Waals surface area contributed by atoms with Crippen molar-refractivity contribution >= 4 is 0 Å². The number of nitrogens with zero attached hydrogens (tertiary/aromatic N) is 1. The lowest BCUT2D eigenvalue weighted by Crippen LogP contribution is -2.46. The fourth-order valence-electron chi connectivity index (χ4n) is 3.32. The van der Waals surface area contributed by atoms with Gasteiger partial charge in [0.2, 0.25) is 0 Å². The lowest BCUT2D eigenvalue weighted by atomic mass is 9.76. The van der Waals surface area contributed by atoms with Gasteiger partial charge in [-0.2, -0.15) is 0 Å². The summed E-state index contributed by atoms with van der Waals surface area (Å²) in [6.07, 6.45) is 7.75. The molecule has 3 heterocycles. The fourth-order valence-corrected chi connectivity index (χ4v) is 3.32. The van der Waals surface area contributed by atoms with Crippen molar-refractivity contribution in [2.75, 3.05) is 19.8 Å². The van der Waals surface area contributed by atoms with Gasteiger partial charge in [0.15, 0.2) is 0 Å². The Morgan fingerprint density at radius 2 is 1.95 bits per heavy atom. The Kier molecular flexibility index (Phi) is 3.82. The van der Waals surface area contributed by atoms with Gasteiger partial charge >= 0.3 is 0 Å². The van der Waals surface area contributed by atoms with Crippen LogP contribution in [-0.2, 0) is 9.47 Å². The highest BCUT2D eigenvalue weighted by Crippen LogP contribution is 2.40. The Morgan fingerprint density at radius 3 is 2.68 bits per heavy atom. The molecule has 3 rings (SSSR count). The quantitative estimate of drug-likeness (QED) is 0.886. The molecule has 2 unspecified atom stereocenters. The predicted molar refractivity (Wildman–Crippen MR) is 72.6 cm³/mol. The van der Waals surface area contributed by atoms with Crippen LogP contribution in [0.1, 0.15) is 37.3 Å². The van der Waals surface area contributed by atoms with Crippen LogP contribution in [0.15, 0.2) is 24.5 Å². The minimum absolute atomic E-state index is 0.0197. The van der Waals surface area contributed by atoms with Crippen LogP contribution >= 0.6 is 0 Å². The zero-order valence-corrected chi connectivity index (χ0v) is 11.3. The van der Waals surface area contributed by atoms with Crippen LogP contribution in [-0.4, -0.2) is 30.4 Å². The van der Waals surface area contributed by atoms with Crippen LogP contribution in [0.4, 0.5) is 0 Å². The molecule has 0 amide bonds. The minimum atomic E-state index is 0.0197. The molecule has 0 bridgehead atoms. The Hall–Kier alpha value is -0.970. The van der Waals surface area contributed by atoms with Crippen molar-refractivity contribution in [1.82, 2.24) is 4.98 Å². The smallest absolute Gasteiger partial charge is 0.0729 e. The Labute approximate surface area is 114 Å². The third-order valence-electron chi connectivity index (χ3n) is 4.53. The second kappa shape index (κ2) is 5.57. The SMILES string of the molecule is NC(c1ccncc1)C1CCOC2(CCOCC2)C1. The molecule has 0 saturated carbocycles. The van der Waals surface area contributed by atoms with E-state index in [9.17, 15) is 0 Å². The van der Waals surface area contributed by atoms with Gasteiger partial charge in [0.1, 0.15) is 0 Å². The van der Waals surface area contributed by atoms with Crippen molar-refractivity contribution in [3.8, 4) is 0 Å². The van der Waals surface area contributed by atoms with Crippen molar-refractivity contribution < 1.29 is 9.47 Å². The lowest BCUT2D eigenvalue weighted by Gasteiger charge is -2.44. The summed E-state index contributed by atoms with van der Waals surface area (Å²) in [5, 5.41) is 0. The fraction of sp³-hybridized carbons (Fsp3) is 0.667. The summed E-state index contributed by atoms with van der Waals surface area (Å²) in [6.45, 7) is 2.46. The van der Waals surface area contributed by atoms with Crippen LogP contribution in [0.25, 0.3) is 0 Å². The van der Waals surface area contributed by atoms with Crippen LogP contribution in [0.5, 0.6) is 0 Å². The van der Waals surface area contributed by atoms with E-state index in [1.807, 2.05) is 24.5 Å². The van der Waals surface area contributed by atoms with E-state index in [4.69, 9.17) is 15.2 Å². The van der Waals surface area contributed by atoms with Gasteiger partial charge in [-0.25, -0.2) is 0 Å². The molecule has 4 nitrogen and oxygen atoms in total. The van der Waals surface area contributed by atoms with Crippen LogP contribution in [0.2, 0.25) is 0 Å². The summed E-state index contributed by atoms with van der Waals surface area (Å²) in [4.78, 5) is 4.06. The highest BCUT2D eigenvalue weighted by atomic mass is 16.5. The second-order valence-electron chi connectivity index (χ2n) is 5.70. The topological polar surface area (TPSA) is 57.4 Å². The third-order valence-corrected chi connectivity index (χ3v) is 4.53. The first-order chi connectivity index (χ1) is 9.29. The van der Waals surface area contributed by atoms with E-state index in [-0.39, 0.29) is 11.6 Å². The van der Waals surface area contributed by atoms with E-state index in [0.29, 0.717) is 5.92 Å². The molecule has 2 saturated heterocycles. The van der Waals surface area contributed by atoms with Gasteiger partial charge in [-0.1, -0.05) is 0 Å². The number of rotatable bonds is 2. The van der Waals surface area contributed by atoms with Gasteiger partial charge < -0.3 is 15.2 Å². The maximum atomic E-state index is 6.45. The number of aromatic nitrogens is 1.